The molecule has 1 fully saturated rings. The second-order valence-corrected chi connectivity index (χ2v) is 10.1. The number of hydrogen-bond donors (Lipinski definition) is 0. The van der Waals surface area contributed by atoms with Crippen molar-refractivity contribution in [3.8, 4) is 0 Å². The van der Waals surface area contributed by atoms with Gasteiger partial charge in [-0.1, -0.05) is 36.8 Å². The molecule has 0 bridgehead atoms. The maximum absolute atomic E-state index is 13.1. The van der Waals surface area contributed by atoms with E-state index in [-0.39, 0.29) is 0 Å². The number of carbonyl (C=O) groups is 1. The van der Waals surface area contributed by atoms with Gasteiger partial charge in [0.1, 0.15) is 11.3 Å². The van der Waals surface area contributed by atoms with Crippen molar-refractivity contribution < 1.29 is 9.21 Å². The van der Waals surface area contributed by atoms with Crippen molar-refractivity contribution in [2.24, 2.45) is 5.92 Å². The van der Waals surface area contributed by atoms with E-state index in [1.54, 1.807) is 0 Å². The molecule has 2 aliphatic rings. The number of amides is 1. The molecule has 1 amide bonds. The van der Waals surface area contributed by atoms with Crippen molar-refractivity contribution in [2.75, 3.05) is 32.7 Å². The van der Waals surface area contributed by atoms with Gasteiger partial charge in [0.05, 0.1) is 6.42 Å². The summed E-state index contributed by atoms with van der Waals surface area (Å²) in [5.74, 6) is 1.93. The Bertz CT molecular complexity index is 1100. The molecule has 174 valence electrons. The molecule has 0 aliphatic carbocycles. The van der Waals surface area contributed by atoms with E-state index in [2.05, 4.69) is 54.0 Å². The third kappa shape index (κ3) is 5.16. The Kier molecular flexibility index (Phi) is 6.55. The fraction of sp³-hybridized carbons (Fsp3) is 0.483. The molecule has 3 heterocycles. The summed E-state index contributed by atoms with van der Waals surface area (Å²) < 4.78 is 6.03. The minimum absolute atomic E-state index is 0.301. The Labute approximate surface area is 197 Å². The minimum atomic E-state index is 0.301. The van der Waals surface area contributed by atoms with E-state index in [4.69, 9.17) is 4.42 Å². The van der Waals surface area contributed by atoms with Crippen molar-refractivity contribution in [1.29, 1.82) is 0 Å². The first-order valence-electron chi connectivity index (χ1n) is 12.6. The van der Waals surface area contributed by atoms with Crippen LogP contribution in [-0.2, 0) is 24.1 Å². The van der Waals surface area contributed by atoms with Crippen LogP contribution in [0.25, 0.3) is 11.0 Å². The van der Waals surface area contributed by atoms with Crippen molar-refractivity contribution in [3.05, 3.63) is 70.5 Å². The van der Waals surface area contributed by atoms with Gasteiger partial charge in [-0.2, -0.15) is 0 Å². The van der Waals surface area contributed by atoms with Crippen LogP contribution < -0.4 is 0 Å². The molecule has 1 aromatic heterocycles. The Morgan fingerprint density at radius 1 is 1.00 bits per heavy atom. The monoisotopic (exact) mass is 444 g/mol. The number of rotatable bonds is 5. The van der Waals surface area contributed by atoms with Crippen LogP contribution >= 0.6 is 0 Å². The van der Waals surface area contributed by atoms with Crippen LogP contribution in [0.2, 0.25) is 0 Å². The highest BCUT2D eigenvalue weighted by Gasteiger charge is 2.26. The maximum atomic E-state index is 13.1. The quantitative estimate of drug-likeness (QED) is 0.534. The number of carbonyl (C=O) groups excluding carboxylic acids is 1. The molecule has 0 N–H and O–H groups in total. The average molecular weight is 445 g/mol. The van der Waals surface area contributed by atoms with Crippen LogP contribution in [-0.4, -0.2) is 48.4 Å². The molecule has 1 atom stereocenters. The Hall–Kier alpha value is -2.59. The molecule has 3 aromatic rings. The minimum Gasteiger partial charge on any atom is -0.461 e. The molecule has 4 heteroatoms. The first-order chi connectivity index (χ1) is 16.0. The first kappa shape index (κ1) is 22.2. The van der Waals surface area contributed by atoms with Crippen LogP contribution in [0.15, 0.2) is 46.9 Å². The van der Waals surface area contributed by atoms with Gasteiger partial charge in [0.25, 0.3) is 0 Å². The second kappa shape index (κ2) is 9.72. The van der Waals surface area contributed by atoms with E-state index < -0.39 is 0 Å². The predicted octanol–water partition coefficient (Wildman–Crippen LogP) is 5.32. The SMILES string of the molecule is Cc1cc2c(cc1C)CC(=O)N(CC1CCCCN(CCc3cc4ccccc4o3)C1)CC2. The fourth-order valence-corrected chi connectivity index (χ4v) is 5.59. The molecule has 0 radical (unpaired) electrons. The van der Waals surface area contributed by atoms with E-state index in [1.165, 1.54) is 46.9 Å². The molecule has 2 aromatic carbocycles. The van der Waals surface area contributed by atoms with E-state index in [9.17, 15) is 4.79 Å². The summed E-state index contributed by atoms with van der Waals surface area (Å²) in [6.45, 7) is 9.31. The van der Waals surface area contributed by atoms with E-state index in [0.29, 0.717) is 18.2 Å². The maximum Gasteiger partial charge on any atom is 0.227 e. The summed E-state index contributed by atoms with van der Waals surface area (Å²) in [6.07, 6.45) is 6.19. The standard InChI is InChI=1S/C29H36N2O2/c1-21-15-24-10-14-31(29(32)18-26(24)16-22(21)2)20-23-7-5-6-12-30(19-23)13-11-27-17-25-8-3-4-9-28(25)33-27/h3-4,8-9,15-17,23H,5-7,10-14,18-20H2,1-2H3. The molecular formula is C29H36N2O2. The zero-order valence-corrected chi connectivity index (χ0v) is 20.1. The van der Waals surface area contributed by atoms with E-state index in [0.717, 1.165) is 56.9 Å². The van der Waals surface area contributed by atoms with Crippen molar-refractivity contribution in [3.63, 3.8) is 0 Å². The number of benzene rings is 2. The van der Waals surface area contributed by atoms with Gasteiger partial charge in [0, 0.05) is 38.0 Å². The van der Waals surface area contributed by atoms with Gasteiger partial charge in [-0.15, -0.1) is 0 Å². The van der Waals surface area contributed by atoms with Crippen LogP contribution in [0.5, 0.6) is 0 Å². The van der Waals surface area contributed by atoms with Crippen molar-refractivity contribution in [2.45, 2.75) is 52.4 Å². The summed E-state index contributed by atoms with van der Waals surface area (Å²) in [5, 5.41) is 1.19. The van der Waals surface area contributed by atoms with Crippen LogP contribution in [0.1, 0.15) is 47.3 Å². The molecule has 2 aliphatic heterocycles. The summed E-state index contributed by atoms with van der Waals surface area (Å²) >= 11 is 0. The lowest BCUT2D eigenvalue weighted by atomic mass is 9.97. The number of fused-ring (bicyclic) bond motifs is 2. The summed E-state index contributed by atoms with van der Waals surface area (Å²) in [4.78, 5) is 17.9. The lowest BCUT2D eigenvalue weighted by Gasteiger charge is -2.29. The Morgan fingerprint density at radius 2 is 1.82 bits per heavy atom. The number of para-hydroxylation sites is 1. The molecule has 33 heavy (non-hydrogen) atoms. The number of aryl methyl sites for hydroxylation is 2. The topological polar surface area (TPSA) is 36.7 Å². The van der Waals surface area contributed by atoms with Gasteiger partial charge in [0.15, 0.2) is 0 Å². The van der Waals surface area contributed by atoms with Crippen LogP contribution in [0.3, 0.4) is 0 Å². The highest BCUT2D eigenvalue weighted by Crippen LogP contribution is 2.24. The predicted molar refractivity (Wildman–Crippen MR) is 134 cm³/mol. The van der Waals surface area contributed by atoms with Gasteiger partial charge in [-0.05, 0) is 80.0 Å². The summed E-state index contributed by atoms with van der Waals surface area (Å²) in [5.41, 5.74) is 6.20. The molecule has 4 nitrogen and oxygen atoms in total. The highest BCUT2D eigenvalue weighted by molar-refractivity contribution is 5.80. The van der Waals surface area contributed by atoms with Gasteiger partial charge in [0.2, 0.25) is 5.91 Å². The molecule has 0 spiro atoms. The summed E-state index contributed by atoms with van der Waals surface area (Å²) in [7, 11) is 0. The van der Waals surface area contributed by atoms with Gasteiger partial charge in [-0.25, -0.2) is 0 Å². The van der Waals surface area contributed by atoms with E-state index >= 15 is 0 Å². The van der Waals surface area contributed by atoms with Crippen LogP contribution in [0.4, 0.5) is 0 Å². The number of hydrogen-bond acceptors (Lipinski definition) is 3. The highest BCUT2D eigenvalue weighted by atomic mass is 16.3. The third-order valence-corrected chi connectivity index (χ3v) is 7.64. The average Bonchev–Trinajstić information content (AvgIpc) is 3.00. The zero-order valence-electron chi connectivity index (χ0n) is 20.1. The van der Waals surface area contributed by atoms with Crippen molar-refractivity contribution in [1.82, 2.24) is 9.80 Å². The van der Waals surface area contributed by atoms with Gasteiger partial charge < -0.3 is 14.2 Å². The molecule has 1 unspecified atom stereocenters. The number of likely N-dealkylation sites (tertiary alicyclic amines) is 1. The Balaban J connectivity index is 1.19. The zero-order chi connectivity index (χ0) is 22.8. The van der Waals surface area contributed by atoms with Crippen LogP contribution in [0, 0.1) is 19.8 Å². The summed E-state index contributed by atoms with van der Waals surface area (Å²) in [6, 6.07) is 15.0. The largest absolute Gasteiger partial charge is 0.461 e. The number of nitrogens with zero attached hydrogens (tertiary/aromatic N) is 2. The Morgan fingerprint density at radius 3 is 2.67 bits per heavy atom. The smallest absolute Gasteiger partial charge is 0.227 e. The van der Waals surface area contributed by atoms with E-state index in [1.807, 2.05) is 12.1 Å². The van der Waals surface area contributed by atoms with Gasteiger partial charge in [-0.3, -0.25) is 4.79 Å². The molecule has 5 rings (SSSR count). The fourth-order valence-electron chi connectivity index (χ4n) is 5.59. The molecule has 0 saturated carbocycles. The lowest BCUT2D eigenvalue weighted by Crippen LogP contribution is -2.40. The molecular weight excluding hydrogens is 408 g/mol. The lowest BCUT2D eigenvalue weighted by molar-refractivity contribution is -0.130. The second-order valence-electron chi connectivity index (χ2n) is 10.1. The van der Waals surface area contributed by atoms with Crippen molar-refractivity contribution >= 4 is 16.9 Å². The number of furan rings is 1. The normalized spacial score (nSPS) is 20.0. The third-order valence-electron chi connectivity index (χ3n) is 7.64. The van der Waals surface area contributed by atoms with Gasteiger partial charge >= 0.3 is 0 Å². The molecule has 1 saturated heterocycles. The first-order valence-corrected chi connectivity index (χ1v) is 12.6.